The van der Waals surface area contributed by atoms with E-state index in [9.17, 15) is 4.79 Å². The fourth-order valence-electron chi connectivity index (χ4n) is 2.30. The first-order chi connectivity index (χ1) is 9.40. The molecule has 1 aliphatic carbocycles. The first-order valence-electron chi connectivity index (χ1n) is 7.76. The molecule has 0 saturated heterocycles. The summed E-state index contributed by atoms with van der Waals surface area (Å²) >= 11 is 0. The van der Waals surface area contributed by atoms with Gasteiger partial charge in [-0.05, 0) is 40.5 Å². The molecule has 0 spiro atoms. The molecule has 1 rings (SSSR count). The zero-order chi connectivity index (χ0) is 15.0. The van der Waals surface area contributed by atoms with Crippen molar-refractivity contribution in [2.75, 3.05) is 13.1 Å². The smallest absolute Gasteiger partial charge is 0.222 e. The maximum Gasteiger partial charge on any atom is 0.222 e. The summed E-state index contributed by atoms with van der Waals surface area (Å²) < 4.78 is 0. The van der Waals surface area contributed by atoms with Crippen LogP contribution in [0.3, 0.4) is 0 Å². The van der Waals surface area contributed by atoms with Crippen LogP contribution in [0.15, 0.2) is 4.99 Å². The molecule has 0 heterocycles. The summed E-state index contributed by atoms with van der Waals surface area (Å²) in [5.74, 6) is 0.890. The predicted octanol–water partition coefficient (Wildman–Crippen LogP) is 2.41. The number of carbonyl (C=O) groups excluding carboxylic acids is 1. The van der Waals surface area contributed by atoms with Crippen LogP contribution in [0.2, 0.25) is 0 Å². The van der Waals surface area contributed by atoms with E-state index in [1.165, 1.54) is 12.8 Å². The Morgan fingerprint density at radius 2 is 1.86 bits per heavy atom. The molecule has 3 N–H and O–H groups in total. The molecule has 5 nitrogen and oxygen atoms in total. The zero-order valence-corrected chi connectivity index (χ0v) is 16.1. The van der Waals surface area contributed by atoms with Gasteiger partial charge in [-0.3, -0.25) is 9.79 Å². The van der Waals surface area contributed by atoms with Crippen molar-refractivity contribution in [1.82, 2.24) is 16.0 Å². The minimum Gasteiger partial charge on any atom is -0.357 e. The third kappa shape index (κ3) is 9.92. The van der Waals surface area contributed by atoms with Gasteiger partial charge in [-0.1, -0.05) is 12.8 Å². The van der Waals surface area contributed by atoms with Crippen LogP contribution in [-0.4, -0.2) is 36.5 Å². The Morgan fingerprint density at radius 3 is 2.38 bits per heavy atom. The lowest BCUT2D eigenvalue weighted by atomic mass is 10.1. The summed E-state index contributed by atoms with van der Waals surface area (Å²) in [6, 6.07) is 0.396. The second-order valence-electron chi connectivity index (χ2n) is 6.43. The van der Waals surface area contributed by atoms with Crippen LogP contribution < -0.4 is 16.0 Å². The van der Waals surface area contributed by atoms with E-state index in [1.54, 1.807) is 0 Å². The van der Waals surface area contributed by atoms with Gasteiger partial charge in [0.25, 0.3) is 0 Å². The molecule has 21 heavy (non-hydrogen) atoms. The highest BCUT2D eigenvalue weighted by Gasteiger charge is 2.16. The molecular formula is C15H31IN4O. The van der Waals surface area contributed by atoms with Gasteiger partial charge in [0.05, 0.1) is 6.54 Å². The molecule has 0 aromatic carbocycles. The summed E-state index contributed by atoms with van der Waals surface area (Å²) in [6.07, 6.45) is 5.19. The lowest BCUT2D eigenvalue weighted by molar-refractivity contribution is -0.121. The first-order valence-corrected chi connectivity index (χ1v) is 7.76. The van der Waals surface area contributed by atoms with E-state index in [1.807, 2.05) is 6.92 Å². The van der Waals surface area contributed by atoms with Gasteiger partial charge in [0.15, 0.2) is 5.96 Å². The van der Waals surface area contributed by atoms with Gasteiger partial charge in [0, 0.05) is 24.5 Å². The van der Waals surface area contributed by atoms with Crippen molar-refractivity contribution < 1.29 is 4.79 Å². The van der Waals surface area contributed by atoms with Crippen molar-refractivity contribution in [2.45, 2.75) is 71.4 Å². The number of carbonyl (C=O) groups is 1. The summed E-state index contributed by atoms with van der Waals surface area (Å²) in [4.78, 5) is 16.2. The number of amides is 1. The Labute approximate surface area is 146 Å². The molecule has 0 atom stereocenters. The monoisotopic (exact) mass is 410 g/mol. The summed E-state index contributed by atoms with van der Waals surface area (Å²) in [6.45, 7) is 9.64. The van der Waals surface area contributed by atoms with Crippen molar-refractivity contribution in [2.24, 2.45) is 4.99 Å². The highest BCUT2D eigenvalue weighted by Crippen LogP contribution is 2.17. The molecular weight excluding hydrogens is 379 g/mol. The highest BCUT2D eigenvalue weighted by molar-refractivity contribution is 14.0. The largest absolute Gasteiger partial charge is 0.357 e. The Kier molecular flexibility index (Phi) is 9.98. The summed E-state index contributed by atoms with van der Waals surface area (Å²) in [5.41, 5.74) is -0.0346. The van der Waals surface area contributed by atoms with E-state index >= 15 is 0 Å². The second-order valence-corrected chi connectivity index (χ2v) is 6.43. The average Bonchev–Trinajstić information content (AvgIpc) is 2.79. The highest BCUT2D eigenvalue weighted by atomic mass is 127. The molecule has 0 unspecified atom stereocenters. The van der Waals surface area contributed by atoms with Gasteiger partial charge in [0.2, 0.25) is 5.91 Å². The molecule has 1 aliphatic rings. The lowest BCUT2D eigenvalue weighted by Gasteiger charge is -2.23. The summed E-state index contributed by atoms with van der Waals surface area (Å²) in [7, 11) is 0. The molecule has 0 aromatic heterocycles. The first kappa shape index (κ1) is 20.5. The third-order valence-electron chi connectivity index (χ3n) is 3.17. The SMILES string of the molecule is CCNC(=NCCC(=O)NC1CCCC1)NC(C)(C)C.I. The van der Waals surface area contributed by atoms with E-state index in [0.717, 1.165) is 25.3 Å². The van der Waals surface area contributed by atoms with Gasteiger partial charge >= 0.3 is 0 Å². The third-order valence-corrected chi connectivity index (χ3v) is 3.17. The molecule has 124 valence electrons. The van der Waals surface area contributed by atoms with Crippen LogP contribution in [-0.2, 0) is 4.79 Å². The summed E-state index contributed by atoms with van der Waals surface area (Å²) in [5, 5.41) is 9.59. The van der Waals surface area contributed by atoms with Gasteiger partial charge < -0.3 is 16.0 Å². The van der Waals surface area contributed by atoms with Crippen molar-refractivity contribution in [3.05, 3.63) is 0 Å². The number of hydrogen-bond donors (Lipinski definition) is 3. The Bertz CT molecular complexity index is 333. The van der Waals surface area contributed by atoms with E-state index < -0.39 is 0 Å². The van der Waals surface area contributed by atoms with Crippen LogP contribution in [0.5, 0.6) is 0 Å². The number of guanidine groups is 1. The standard InChI is InChI=1S/C15H30N4O.HI/c1-5-16-14(19-15(2,3)4)17-11-10-13(20)18-12-8-6-7-9-12;/h12H,5-11H2,1-4H3,(H,18,20)(H2,16,17,19);1H. The fraction of sp³-hybridized carbons (Fsp3) is 0.867. The maximum absolute atomic E-state index is 11.8. The molecule has 1 saturated carbocycles. The van der Waals surface area contributed by atoms with Gasteiger partial charge in [-0.15, -0.1) is 24.0 Å². The lowest BCUT2D eigenvalue weighted by Crippen LogP contribution is -2.47. The number of aliphatic imine (C=N–C) groups is 1. The van der Waals surface area contributed by atoms with Crippen LogP contribution >= 0.6 is 24.0 Å². The number of rotatable bonds is 5. The minimum atomic E-state index is -0.0346. The Balaban J connectivity index is 0.00000400. The van der Waals surface area contributed by atoms with E-state index in [4.69, 9.17) is 0 Å². The van der Waals surface area contributed by atoms with Crippen LogP contribution in [0, 0.1) is 0 Å². The van der Waals surface area contributed by atoms with Crippen molar-refractivity contribution in [3.63, 3.8) is 0 Å². The van der Waals surface area contributed by atoms with Gasteiger partial charge in [-0.25, -0.2) is 0 Å². The minimum absolute atomic E-state index is 0. The second kappa shape index (κ2) is 10.2. The van der Waals surface area contributed by atoms with E-state index in [0.29, 0.717) is 19.0 Å². The van der Waals surface area contributed by atoms with E-state index in [2.05, 4.69) is 41.7 Å². The van der Waals surface area contributed by atoms with Gasteiger partial charge in [0.1, 0.15) is 0 Å². The number of nitrogens with one attached hydrogen (secondary N) is 3. The van der Waals surface area contributed by atoms with Crippen LogP contribution in [0.4, 0.5) is 0 Å². The quantitative estimate of drug-likeness (QED) is 0.371. The molecule has 0 aliphatic heterocycles. The number of hydrogen-bond acceptors (Lipinski definition) is 2. The number of nitrogens with zero attached hydrogens (tertiary/aromatic N) is 1. The molecule has 0 bridgehead atoms. The topological polar surface area (TPSA) is 65.5 Å². The zero-order valence-electron chi connectivity index (χ0n) is 13.8. The van der Waals surface area contributed by atoms with Crippen molar-refractivity contribution in [1.29, 1.82) is 0 Å². The number of halogens is 1. The van der Waals surface area contributed by atoms with Crippen molar-refractivity contribution in [3.8, 4) is 0 Å². The predicted molar refractivity (Wildman–Crippen MR) is 99.3 cm³/mol. The van der Waals surface area contributed by atoms with Crippen LogP contribution in [0.25, 0.3) is 0 Å². The fourth-order valence-corrected chi connectivity index (χ4v) is 2.30. The molecule has 0 radical (unpaired) electrons. The maximum atomic E-state index is 11.8. The molecule has 6 heteroatoms. The normalized spacial score (nSPS) is 16.3. The Hall–Kier alpha value is -0.530. The molecule has 1 amide bonds. The van der Waals surface area contributed by atoms with Crippen LogP contribution in [0.1, 0.15) is 59.8 Å². The molecule has 1 fully saturated rings. The van der Waals surface area contributed by atoms with Crippen molar-refractivity contribution >= 4 is 35.8 Å². The van der Waals surface area contributed by atoms with E-state index in [-0.39, 0.29) is 35.4 Å². The Morgan fingerprint density at radius 1 is 1.24 bits per heavy atom. The van der Waals surface area contributed by atoms with Gasteiger partial charge in [-0.2, -0.15) is 0 Å². The average molecular weight is 410 g/mol. The molecule has 0 aromatic rings.